The van der Waals surface area contributed by atoms with Gasteiger partial charge >= 0.3 is 0 Å². The lowest BCUT2D eigenvalue weighted by Gasteiger charge is -2.39. The summed E-state index contributed by atoms with van der Waals surface area (Å²) in [5, 5.41) is 14.0. The van der Waals surface area contributed by atoms with Crippen molar-refractivity contribution in [2.24, 2.45) is 11.8 Å². The van der Waals surface area contributed by atoms with Crippen LogP contribution in [0.25, 0.3) is 10.9 Å². The maximum atomic E-state index is 12.4. The summed E-state index contributed by atoms with van der Waals surface area (Å²) in [7, 11) is 0. The van der Waals surface area contributed by atoms with Gasteiger partial charge in [0, 0.05) is 17.5 Å². The van der Waals surface area contributed by atoms with Crippen LogP contribution in [0.2, 0.25) is 0 Å². The van der Waals surface area contributed by atoms with Crippen molar-refractivity contribution in [2.45, 2.75) is 44.2 Å². The molecule has 1 atom stereocenters. The number of hydrogen-bond donors (Lipinski definition) is 2. The van der Waals surface area contributed by atoms with Crippen molar-refractivity contribution >= 4 is 16.8 Å². The second-order valence-corrected chi connectivity index (χ2v) is 6.96. The molecule has 0 bridgehead atoms. The minimum absolute atomic E-state index is 0.0383. The molecule has 0 radical (unpaired) electrons. The molecule has 4 heteroatoms. The van der Waals surface area contributed by atoms with E-state index < -0.39 is 0 Å². The third-order valence-electron chi connectivity index (χ3n) is 5.37. The van der Waals surface area contributed by atoms with Gasteiger partial charge in [-0.05, 0) is 49.3 Å². The fourth-order valence-corrected chi connectivity index (χ4v) is 3.58. The van der Waals surface area contributed by atoms with Crippen molar-refractivity contribution in [1.82, 2.24) is 10.3 Å². The summed E-state index contributed by atoms with van der Waals surface area (Å²) in [5.41, 5.74) is 2.02. The molecule has 1 aromatic carbocycles. The van der Waals surface area contributed by atoms with Gasteiger partial charge in [0.1, 0.15) is 0 Å². The van der Waals surface area contributed by atoms with E-state index in [1.54, 1.807) is 0 Å². The zero-order chi connectivity index (χ0) is 15.8. The van der Waals surface area contributed by atoms with Crippen LogP contribution in [0.15, 0.2) is 36.5 Å². The van der Waals surface area contributed by atoms with Gasteiger partial charge in [0.25, 0.3) is 0 Å². The number of carbonyl (C=O) groups is 1. The molecule has 0 saturated heterocycles. The number of nitrogens with one attached hydrogen (secondary N) is 1. The highest BCUT2D eigenvalue weighted by Crippen LogP contribution is 2.39. The van der Waals surface area contributed by atoms with Crippen molar-refractivity contribution in [1.29, 1.82) is 0 Å². The van der Waals surface area contributed by atoms with E-state index in [2.05, 4.69) is 16.4 Å². The van der Waals surface area contributed by atoms with Gasteiger partial charge in [-0.15, -0.1) is 0 Å². The van der Waals surface area contributed by atoms with Gasteiger partial charge in [-0.2, -0.15) is 0 Å². The van der Waals surface area contributed by atoms with Crippen LogP contribution in [0.4, 0.5) is 0 Å². The smallest absolute Gasteiger partial charge is 0.223 e. The van der Waals surface area contributed by atoms with Crippen molar-refractivity contribution in [3.63, 3.8) is 0 Å². The number of benzene rings is 1. The molecule has 0 unspecified atom stereocenters. The van der Waals surface area contributed by atoms with E-state index in [9.17, 15) is 9.90 Å². The van der Waals surface area contributed by atoms with E-state index in [1.165, 1.54) is 0 Å². The second kappa shape index (κ2) is 5.93. The van der Waals surface area contributed by atoms with Crippen molar-refractivity contribution in [3.8, 4) is 0 Å². The van der Waals surface area contributed by atoms with Crippen LogP contribution in [-0.4, -0.2) is 22.1 Å². The van der Waals surface area contributed by atoms with Crippen molar-refractivity contribution < 1.29 is 9.90 Å². The predicted molar refractivity (Wildman–Crippen MR) is 88.7 cm³/mol. The van der Waals surface area contributed by atoms with Gasteiger partial charge < -0.3 is 10.4 Å². The molecule has 120 valence electrons. The Morgan fingerprint density at radius 2 is 2.04 bits per heavy atom. The van der Waals surface area contributed by atoms with E-state index in [4.69, 9.17) is 0 Å². The Bertz CT molecular complexity index is 720. The Labute approximate surface area is 135 Å². The van der Waals surface area contributed by atoms with Crippen LogP contribution in [-0.2, 0) is 4.79 Å². The molecule has 1 amide bonds. The number of hydrogen-bond acceptors (Lipinski definition) is 3. The Kier molecular flexibility index (Phi) is 3.77. The second-order valence-electron chi connectivity index (χ2n) is 6.96. The highest BCUT2D eigenvalue weighted by molar-refractivity contribution is 5.81. The SMILES string of the molecule is O=C(N[C@H](c1cnc2ccccc2c1)C1CC(O)C1)C1CCC1. The average molecular weight is 310 g/mol. The topological polar surface area (TPSA) is 62.2 Å². The van der Waals surface area contributed by atoms with E-state index in [1.807, 2.05) is 30.5 Å². The van der Waals surface area contributed by atoms with Gasteiger partial charge in [0.2, 0.25) is 5.91 Å². The number of rotatable bonds is 4. The molecule has 1 aromatic heterocycles. The molecular formula is C19H22N2O2. The van der Waals surface area contributed by atoms with Crippen LogP contribution < -0.4 is 5.32 Å². The number of carbonyl (C=O) groups excluding carboxylic acids is 1. The van der Waals surface area contributed by atoms with Crippen LogP contribution in [0.3, 0.4) is 0 Å². The van der Waals surface area contributed by atoms with E-state index in [0.29, 0.717) is 5.92 Å². The number of aliphatic hydroxyl groups is 1. The third-order valence-corrected chi connectivity index (χ3v) is 5.37. The van der Waals surface area contributed by atoms with E-state index in [0.717, 1.165) is 48.6 Å². The van der Waals surface area contributed by atoms with Crippen molar-refractivity contribution in [3.05, 3.63) is 42.1 Å². The first-order valence-electron chi connectivity index (χ1n) is 8.54. The predicted octanol–water partition coefficient (Wildman–Crippen LogP) is 2.96. The molecule has 1 heterocycles. The molecule has 23 heavy (non-hydrogen) atoms. The monoisotopic (exact) mass is 310 g/mol. The Balaban J connectivity index is 1.61. The first-order valence-corrected chi connectivity index (χ1v) is 8.54. The number of nitrogens with zero attached hydrogens (tertiary/aromatic N) is 1. The standard InChI is InChI=1S/C19H22N2O2/c22-16-9-14(10-16)18(21-19(23)12-5-3-6-12)15-8-13-4-1-2-7-17(13)20-11-15/h1-2,4,7-8,11-12,14,16,18,22H,3,5-6,9-10H2,(H,21,23)/t14?,16?,18-/m0/s1. The molecule has 0 spiro atoms. The first-order chi connectivity index (χ1) is 11.2. The van der Waals surface area contributed by atoms with Gasteiger partial charge in [0.15, 0.2) is 0 Å². The molecule has 2 N–H and O–H groups in total. The van der Waals surface area contributed by atoms with Crippen LogP contribution in [0.5, 0.6) is 0 Å². The number of aromatic nitrogens is 1. The molecular weight excluding hydrogens is 288 g/mol. The normalized spacial score (nSPS) is 25.4. The summed E-state index contributed by atoms with van der Waals surface area (Å²) < 4.78 is 0. The highest BCUT2D eigenvalue weighted by Gasteiger charge is 2.37. The van der Waals surface area contributed by atoms with E-state index in [-0.39, 0.29) is 24.0 Å². The molecule has 4 nitrogen and oxygen atoms in total. The number of fused-ring (bicyclic) bond motifs is 1. The quantitative estimate of drug-likeness (QED) is 0.912. The minimum Gasteiger partial charge on any atom is -0.393 e. The fourth-order valence-electron chi connectivity index (χ4n) is 3.58. The highest BCUT2D eigenvalue weighted by atomic mass is 16.3. The maximum absolute atomic E-state index is 12.4. The largest absolute Gasteiger partial charge is 0.393 e. The summed E-state index contributed by atoms with van der Waals surface area (Å²) in [4.78, 5) is 16.9. The van der Waals surface area contributed by atoms with Crippen LogP contribution in [0, 0.1) is 11.8 Å². The van der Waals surface area contributed by atoms with Gasteiger partial charge in [-0.25, -0.2) is 0 Å². The third kappa shape index (κ3) is 2.83. The number of aliphatic hydroxyl groups excluding tert-OH is 1. The first kappa shape index (κ1) is 14.6. The lowest BCUT2D eigenvalue weighted by atomic mass is 9.74. The van der Waals surface area contributed by atoms with Crippen LogP contribution >= 0.6 is 0 Å². The number of pyridine rings is 1. The van der Waals surface area contributed by atoms with Gasteiger partial charge in [0.05, 0.1) is 17.7 Å². The Hall–Kier alpha value is -1.94. The zero-order valence-electron chi connectivity index (χ0n) is 13.1. The Morgan fingerprint density at radius 1 is 1.26 bits per heavy atom. The summed E-state index contributed by atoms with van der Waals surface area (Å²) in [6.07, 6.45) is 6.31. The van der Waals surface area contributed by atoms with Crippen LogP contribution in [0.1, 0.15) is 43.7 Å². The van der Waals surface area contributed by atoms with Crippen molar-refractivity contribution in [2.75, 3.05) is 0 Å². The summed E-state index contributed by atoms with van der Waals surface area (Å²) in [5.74, 6) is 0.642. The molecule has 2 fully saturated rings. The fraction of sp³-hybridized carbons (Fsp3) is 0.474. The van der Waals surface area contributed by atoms with E-state index >= 15 is 0 Å². The van der Waals surface area contributed by atoms with Gasteiger partial charge in [-0.3, -0.25) is 9.78 Å². The molecule has 2 aliphatic carbocycles. The minimum atomic E-state index is -0.225. The number of amides is 1. The molecule has 4 rings (SSSR count). The summed E-state index contributed by atoms with van der Waals surface area (Å²) in [6.45, 7) is 0. The lowest BCUT2D eigenvalue weighted by Crippen LogP contribution is -2.44. The summed E-state index contributed by atoms with van der Waals surface area (Å²) >= 11 is 0. The Morgan fingerprint density at radius 3 is 2.74 bits per heavy atom. The number of para-hydroxylation sites is 1. The lowest BCUT2D eigenvalue weighted by molar-refractivity contribution is -0.129. The molecule has 0 aliphatic heterocycles. The maximum Gasteiger partial charge on any atom is 0.223 e. The molecule has 2 aromatic rings. The molecule has 2 saturated carbocycles. The zero-order valence-corrected chi connectivity index (χ0v) is 13.1. The molecule has 2 aliphatic rings. The summed E-state index contributed by atoms with van der Waals surface area (Å²) in [6, 6.07) is 10.1. The average Bonchev–Trinajstić information content (AvgIpc) is 2.47. The van der Waals surface area contributed by atoms with Gasteiger partial charge in [-0.1, -0.05) is 24.6 Å².